The minimum Gasteiger partial charge on any atom is -0.548 e. The summed E-state index contributed by atoms with van der Waals surface area (Å²) in [5, 5.41) is 14.6. The molecule has 0 fully saturated rings. The van der Waals surface area contributed by atoms with Crippen LogP contribution in [0, 0.1) is 0 Å². The minimum atomic E-state index is -1.26. The minimum absolute atomic E-state index is 0. The molecule has 1 aromatic rings. The Kier molecular flexibility index (Phi) is 5.30. The van der Waals surface area contributed by atoms with Crippen LogP contribution in [-0.2, 0) is 29.2 Å². The van der Waals surface area contributed by atoms with Crippen molar-refractivity contribution in [3.8, 4) is 0 Å². The molecule has 0 radical (unpaired) electrons. The quantitative estimate of drug-likeness (QED) is 0.566. The van der Waals surface area contributed by atoms with Crippen molar-refractivity contribution in [2.75, 3.05) is 5.73 Å². The second-order valence-electron chi connectivity index (χ2n) is 5.68. The number of hydrogen-bond acceptors (Lipinski definition) is 6. The fraction of sp³-hybridized carbons (Fsp3) is 0.583. The topological polar surface area (TPSA) is 114 Å². The van der Waals surface area contributed by atoms with Gasteiger partial charge in [-0.05, 0) is 20.8 Å². The molecule has 0 aromatic carbocycles. The van der Waals surface area contributed by atoms with Crippen molar-refractivity contribution >= 4 is 17.9 Å². The zero-order chi connectivity index (χ0) is 15.1. The molecule has 0 aliphatic carbocycles. The summed E-state index contributed by atoms with van der Waals surface area (Å²) in [6.45, 7) is 5.49. The molecule has 0 saturated carbocycles. The SMILES string of the molecule is CC(C)(C)OC(=O)N1Cc2nn(CC(=O)[O-])c(N)c2C1.[Na+]. The van der Waals surface area contributed by atoms with Gasteiger partial charge in [-0.25, -0.2) is 9.48 Å². The Morgan fingerprint density at radius 1 is 1.38 bits per heavy atom. The molecule has 0 unspecified atom stereocenters. The summed E-state index contributed by atoms with van der Waals surface area (Å²) in [5.74, 6) is -1.02. The van der Waals surface area contributed by atoms with Gasteiger partial charge in [-0.1, -0.05) is 0 Å². The summed E-state index contributed by atoms with van der Waals surface area (Å²) < 4.78 is 6.44. The summed E-state index contributed by atoms with van der Waals surface area (Å²) in [7, 11) is 0. The zero-order valence-corrected chi connectivity index (χ0v) is 14.7. The standard InChI is InChI=1S/C12H18N4O4.Na/c1-12(2,3)20-11(19)15-4-7-8(5-15)14-16(10(7)13)6-9(17)18;/h4-6,13H2,1-3H3,(H,17,18);/q;+1/p-1. The molecule has 2 N–H and O–H groups in total. The van der Waals surface area contributed by atoms with E-state index in [4.69, 9.17) is 10.5 Å². The van der Waals surface area contributed by atoms with Gasteiger partial charge in [0.15, 0.2) is 0 Å². The summed E-state index contributed by atoms with van der Waals surface area (Å²) in [6.07, 6.45) is -0.443. The third-order valence-electron chi connectivity index (χ3n) is 2.80. The smallest absolute Gasteiger partial charge is 0.548 e. The molecule has 9 heteroatoms. The average molecular weight is 304 g/mol. The number of carbonyl (C=O) groups is 2. The number of nitrogens with zero attached hydrogens (tertiary/aromatic N) is 3. The van der Waals surface area contributed by atoms with Gasteiger partial charge in [0.2, 0.25) is 0 Å². The average Bonchev–Trinajstić information content (AvgIpc) is 2.78. The number of amides is 1. The fourth-order valence-corrected chi connectivity index (χ4v) is 1.99. The van der Waals surface area contributed by atoms with E-state index in [-0.39, 0.29) is 48.5 Å². The van der Waals surface area contributed by atoms with E-state index in [2.05, 4.69) is 5.10 Å². The Morgan fingerprint density at radius 3 is 2.48 bits per heavy atom. The van der Waals surface area contributed by atoms with Gasteiger partial charge in [0, 0.05) is 5.56 Å². The molecule has 1 aromatic heterocycles. The Balaban J connectivity index is 0.00000220. The molecule has 0 spiro atoms. The van der Waals surface area contributed by atoms with E-state index in [9.17, 15) is 14.7 Å². The van der Waals surface area contributed by atoms with Crippen LogP contribution in [0.4, 0.5) is 10.6 Å². The van der Waals surface area contributed by atoms with Gasteiger partial charge in [-0.15, -0.1) is 0 Å². The first-order valence-corrected chi connectivity index (χ1v) is 6.19. The number of rotatable bonds is 2. The van der Waals surface area contributed by atoms with E-state index < -0.39 is 24.2 Å². The van der Waals surface area contributed by atoms with Crippen molar-refractivity contribution in [1.29, 1.82) is 0 Å². The predicted octanol–water partition coefficient (Wildman–Crippen LogP) is -3.53. The van der Waals surface area contributed by atoms with Crippen LogP contribution in [0.3, 0.4) is 0 Å². The van der Waals surface area contributed by atoms with Crippen molar-refractivity contribution in [3.63, 3.8) is 0 Å². The van der Waals surface area contributed by atoms with Crippen LogP contribution in [0.1, 0.15) is 32.0 Å². The normalized spacial score (nSPS) is 13.6. The third-order valence-corrected chi connectivity index (χ3v) is 2.80. The molecule has 2 rings (SSSR count). The van der Waals surface area contributed by atoms with Crippen LogP contribution in [0.5, 0.6) is 0 Å². The first-order chi connectivity index (χ1) is 9.17. The number of nitrogens with two attached hydrogens (primary N) is 1. The molecule has 2 heterocycles. The number of hydrogen-bond donors (Lipinski definition) is 1. The molecular weight excluding hydrogens is 287 g/mol. The van der Waals surface area contributed by atoms with Crippen LogP contribution >= 0.6 is 0 Å². The van der Waals surface area contributed by atoms with Crippen LogP contribution in [0.2, 0.25) is 0 Å². The van der Waals surface area contributed by atoms with E-state index in [1.54, 1.807) is 20.8 Å². The van der Waals surface area contributed by atoms with Crippen molar-refractivity contribution in [1.82, 2.24) is 14.7 Å². The van der Waals surface area contributed by atoms with Crippen molar-refractivity contribution in [2.45, 2.75) is 46.0 Å². The summed E-state index contributed by atoms with van der Waals surface area (Å²) in [4.78, 5) is 24.0. The number of aliphatic carboxylic acids is 1. The van der Waals surface area contributed by atoms with Gasteiger partial charge >= 0.3 is 35.7 Å². The van der Waals surface area contributed by atoms with Crippen LogP contribution in [-0.4, -0.2) is 32.3 Å². The molecule has 0 saturated heterocycles. The van der Waals surface area contributed by atoms with E-state index in [1.165, 1.54) is 9.58 Å². The number of ether oxygens (including phenoxy) is 1. The maximum absolute atomic E-state index is 11.9. The monoisotopic (exact) mass is 304 g/mol. The Bertz CT molecular complexity index is 564. The Hall–Kier alpha value is -1.25. The molecular formula is C12H17N4NaO4. The van der Waals surface area contributed by atoms with Crippen LogP contribution in [0.15, 0.2) is 0 Å². The zero-order valence-electron chi connectivity index (χ0n) is 12.7. The Morgan fingerprint density at radius 2 is 2.00 bits per heavy atom. The van der Waals surface area contributed by atoms with Crippen molar-refractivity contribution < 1.29 is 49.0 Å². The van der Waals surface area contributed by atoms with Crippen molar-refractivity contribution in [3.05, 3.63) is 11.3 Å². The number of nitrogen functional groups attached to an aromatic ring is 1. The number of carboxylic acids is 1. The predicted molar refractivity (Wildman–Crippen MR) is 67.1 cm³/mol. The summed E-state index contributed by atoms with van der Waals surface area (Å²) in [5.41, 5.74) is 6.51. The summed E-state index contributed by atoms with van der Waals surface area (Å²) >= 11 is 0. The number of carboxylic acid groups (broad SMARTS) is 1. The van der Waals surface area contributed by atoms with E-state index in [1.807, 2.05) is 0 Å². The van der Waals surface area contributed by atoms with Gasteiger partial charge in [-0.3, -0.25) is 4.90 Å². The molecule has 21 heavy (non-hydrogen) atoms. The van der Waals surface area contributed by atoms with Gasteiger partial charge in [0.1, 0.15) is 11.4 Å². The Labute approximate surface area is 144 Å². The van der Waals surface area contributed by atoms with Gasteiger partial charge < -0.3 is 20.4 Å². The number of anilines is 1. The molecule has 1 amide bonds. The number of carbonyl (C=O) groups excluding carboxylic acids is 2. The summed E-state index contributed by atoms with van der Waals surface area (Å²) in [6, 6.07) is 0. The van der Waals surface area contributed by atoms with E-state index in [0.717, 1.165) is 0 Å². The second kappa shape index (κ2) is 6.25. The maximum Gasteiger partial charge on any atom is 1.00 e. The number of aromatic nitrogens is 2. The van der Waals surface area contributed by atoms with Crippen molar-refractivity contribution in [2.24, 2.45) is 0 Å². The van der Waals surface area contributed by atoms with E-state index >= 15 is 0 Å². The van der Waals surface area contributed by atoms with Gasteiger partial charge in [0.25, 0.3) is 0 Å². The maximum atomic E-state index is 11.9. The second-order valence-corrected chi connectivity index (χ2v) is 5.68. The fourth-order valence-electron chi connectivity index (χ4n) is 1.99. The first kappa shape index (κ1) is 17.8. The molecule has 0 bridgehead atoms. The van der Waals surface area contributed by atoms with Crippen LogP contribution in [0.25, 0.3) is 0 Å². The number of fused-ring (bicyclic) bond motifs is 1. The van der Waals surface area contributed by atoms with Gasteiger partial charge in [0.05, 0.1) is 31.3 Å². The van der Waals surface area contributed by atoms with E-state index in [0.29, 0.717) is 11.3 Å². The van der Waals surface area contributed by atoms with Gasteiger partial charge in [-0.2, -0.15) is 5.10 Å². The molecule has 1 aliphatic heterocycles. The first-order valence-electron chi connectivity index (χ1n) is 6.19. The molecule has 1 aliphatic rings. The molecule has 8 nitrogen and oxygen atoms in total. The van der Waals surface area contributed by atoms with Crippen LogP contribution < -0.4 is 40.4 Å². The largest absolute Gasteiger partial charge is 1.00 e. The molecule has 0 atom stereocenters. The third kappa shape index (κ3) is 4.12. The molecule has 110 valence electrons.